The van der Waals surface area contributed by atoms with Crippen molar-refractivity contribution < 1.29 is 23.9 Å². The molecule has 2 aromatic rings. The number of thiophene rings is 1. The van der Waals surface area contributed by atoms with Gasteiger partial charge in [0.05, 0.1) is 12.8 Å². The molecule has 2 heterocycles. The van der Waals surface area contributed by atoms with Gasteiger partial charge in [-0.2, -0.15) is 0 Å². The summed E-state index contributed by atoms with van der Waals surface area (Å²) in [5.41, 5.74) is 0.236. The van der Waals surface area contributed by atoms with Crippen molar-refractivity contribution in [2.75, 3.05) is 25.1 Å². The first-order valence-corrected chi connectivity index (χ1v) is 9.02. The zero-order valence-electron chi connectivity index (χ0n) is 14.5. The molecule has 8 nitrogen and oxygen atoms in total. The molecular weight excluding hydrogens is 370 g/mol. The lowest BCUT2D eigenvalue weighted by atomic mass is 10.3. The maximum atomic E-state index is 12.5. The molecule has 0 unspecified atom stereocenters. The van der Waals surface area contributed by atoms with Crippen LogP contribution in [0.25, 0.3) is 0 Å². The second kappa shape index (κ2) is 8.00. The predicted molar refractivity (Wildman–Crippen MR) is 98.6 cm³/mol. The molecule has 1 saturated heterocycles. The van der Waals surface area contributed by atoms with Crippen LogP contribution in [0.1, 0.15) is 4.88 Å². The molecule has 27 heavy (non-hydrogen) atoms. The number of rotatable bonds is 7. The highest BCUT2D eigenvalue weighted by Crippen LogP contribution is 2.24. The molecule has 140 valence electrons. The average Bonchev–Trinajstić information content (AvgIpc) is 3.25. The summed E-state index contributed by atoms with van der Waals surface area (Å²) in [6.07, 6.45) is 0.655. The van der Waals surface area contributed by atoms with Crippen LogP contribution in [0.5, 0.6) is 5.75 Å². The van der Waals surface area contributed by atoms with Gasteiger partial charge < -0.3 is 10.1 Å². The summed E-state index contributed by atoms with van der Waals surface area (Å²) in [7, 11) is 1.49. The fourth-order valence-electron chi connectivity index (χ4n) is 2.58. The number of carbonyl (C=O) groups is 4. The van der Waals surface area contributed by atoms with Crippen molar-refractivity contribution in [2.24, 2.45) is 0 Å². The zero-order chi connectivity index (χ0) is 19.4. The van der Waals surface area contributed by atoms with Crippen molar-refractivity contribution in [1.29, 1.82) is 0 Å². The summed E-state index contributed by atoms with van der Waals surface area (Å²) in [5, 5.41) is 4.59. The molecule has 1 aromatic carbocycles. The van der Waals surface area contributed by atoms with Gasteiger partial charge in [-0.1, -0.05) is 6.07 Å². The van der Waals surface area contributed by atoms with Crippen LogP contribution in [0.15, 0.2) is 41.8 Å². The van der Waals surface area contributed by atoms with Crippen molar-refractivity contribution in [2.45, 2.75) is 6.42 Å². The molecule has 9 heteroatoms. The molecule has 0 radical (unpaired) electrons. The van der Waals surface area contributed by atoms with Crippen molar-refractivity contribution in [3.8, 4) is 5.75 Å². The van der Waals surface area contributed by atoms with E-state index in [9.17, 15) is 19.2 Å². The van der Waals surface area contributed by atoms with E-state index in [0.29, 0.717) is 23.6 Å². The third kappa shape index (κ3) is 3.98. The average molecular weight is 387 g/mol. The zero-order valence-corrected chi connectivity index (χ0v) is 15.3. The minimum absolute atomic E-state index is 0.236. The number of ether oxygens (including phenoxy) is 1. The van der Waals surface area contributed by atoms with E-state index in [1.807, 2.05) is 17.5 Å². The Morgan fingerprint density at radius 1 is 1.11 bits per heavy atom. The molecule has 0 bridgehead atoms. The lowest BCUT2D eigenvalue weighted by Gasteiger charge is -2.15. The summed E-state index contributed by atoms with van der Waals surface area (Å²) >= 11 is 1.58. The van der Waals surface area contributed by atoms with Crippen molar-refractivity contribution in [1.82, 2.24) is 10.2 Å². The SMILES string of the molecule is COc1ccc(N2C(=O)C(=O)N(CC(=O)NCCc3cccs3)C2=O)cc1. The van der Waals surface area contributed by atoms with Gasteiger partial charge in [-0.25, -0.2) is 14.6 Å². The van der Waals surface area contributed by atoms with Gasteiger partial charge in [0.25, 0.3) is 0 Å². The Labute approximate surface area is 159 Å². The van der Waals surface area contributed by atoms with Gasteiger partial charge in [-0.15, -0.1) is 11.3 Å². The van der Waals surface area contributed by atoms with Crippen LogP contribution in [0.4, 0.5) is 10.5 Å². The van der Waals surface area contributed by atoms with Crippen LogP contribution in [0.2, 0.25) is 0 Å². The molecule has 1 aliphatic rings. The second-order valence-corrected chi connectivity index (χ2v) is 6.72. The van der Waals surface area contributed by atoms with Crippen LogP contribution in [0.3, 0.4) is 0 Å². The van der Waals surface area contributed by atoms with Gasteiger partial charge in [0.2, 0.25) is 5.91 Å². The third-order valence-electron chi connectivity index (χ3n) is 3.96. The number of amides is 5. The standard InChI is InChI=1S/C18H17N3O5S/c1-26-13-6-4-12(5-7-13)21-17(24)16(23)20(18(21)25)11-15(22)19-9-8-14-3-2-10-27-14/h2-7,10H,8-9,11H2,1H3,(H,19,22). The molecule has 1 aliphatic heterocycles. The van der Waals surface area contributed by atoms with Crippen molar-refractivity contribution in [3.05, 3.63) is 46.7 Å². The van der Waals surface area contributed by atoms with Gasteiger partial charge in [0.1, 0.15) is 12.3 Å². The molecule has 1 fully saturated rings. The Hall–Kier alpha value is -3.20. The predicted octanol–water partition coefficient (Wildman–Crippen LogP) is 1.41. The first-order valence-electron chi connectivity index (χ1n) is 8.14. The lowest BCUT2D eigenvalue weighted by molar-refractivity contribution is -0.140. The molecule has 5 amide bonds. The van der Waals surface area contributed by atoms with Crippen LogP contribution in [0, 0.1) is 0 Å². The minimum atomic E-state index is -1.02. The molecular formula is C18H17N3O5S. The van der Waals surface area contributed by atoms with Gasteiger partial charge in [-0.05, 0) is 42.1 Å². The maximum Gasteiger partial charge on any atom is 0.339 e. The van der Waals surface area contributed by atoms with Gasteiger partial charge in [0.15, 0.2) is 0 Å². The number of imide groups is 2. The van der Waals surface area contributed by atoms with E-state index in [2.05, 4.69) is 5.32 Å². The van der Waals surface area contributed by atoms with Crippen LogP contribution < -0.4 is 15.0 Å². The Morgan fingerprint density at radius 3 is 2.48 bits per heavy atom. The highest BCUT2D eigenvalue weighted by Gasteiger charge is 2.46. The smallest absolute Gasteiger partial charge is 0.339 e. The fraction of sp³-hybridized carbons (Fsp3) is 0.222. The van der Waals surface area contributed by atoms with Crippen molar-refractivity contribution in [3.63, 3.8) is 0 Å². The van der Waals surface area contributed by atoms with E-state index in [-0.39, 0.29) is 5.69 Å². The topological polar surface area (TPSA) is 96.0 Å². The van der Waals surface area contributed by atoms with Crippen LogP contribution in [-0.2, 0) is 20.8 Å². The van der Waals surface area contributed by atoms with Crippen LogP contribution in [-0.4, -0.2) is 48.9 Å². The summed E-state index contributed by atoms with van der Waals surface area (Å²) in [6.45, 7) is -0.119. The fourth-order valence-corrected chi connectivity index (χ4v) is 3.29. The minimum Gasteiger partial charge on any atom is -0.497 e. The third-order valence-corrected chi connectivity index (χ3v) is 4.90. The quantitative estimate of drug-likeness (QED) is 0.572. The van der Waals surface area contributed by atoms with E-state index >= 15 is 0 Å². The number of hydrogen-bond acceptors (Lipinski definition) is 6. The molecule has 0 saturated carbocycles. The number of nitrogens with zero attached hydrogens (tertiary/aromatic N) is 2. The summed E-state index contributed by atoms with van der Waals surface area (Å²) in [6, 6.07) is 9.15. The number of urea groups is 1. The van der Waals surface area contributed by atoms with Crippen LogP contribution >= 0.6 is 11.3 Å². The van der Waals surface area contributed by atoms with Gasteiger partial charge in [-0.3, -0.25) is 14.4 Å². The van der Waals surface area contributed by atoms with E-state index in [1.54, 1.807) is 23.5 Å². The monoisotopic (exact) mass is 387 g/mol. The van der Waals surface area contributed by atoms with Gasteiger partial charge >= 0.3 is 17.8 Å². The van der Waals surface area contributed by atoms with E-state index in [4.69, 9.17) is 4.74 Å². The highest BCUT2D eigenvalue weighted by molar-refractivity contribution is 7.09. The molecule has 0 atom stereocenters. The van der Waals surface area contributed by atoms with Crippen molar-refractivity contribution >= 4 is 40.8 Å². The first kappa shape index (κ1) is 18.6. The molecule has 0 aliphatic carbocycles. The molecule has 1 aromatic heterocycles. The first-order chi connectivity index (χ1) is 13.0. The number of nitrogens with one attached hydrogen (secondary N) is 1. The number of hydrogen-bond donors (Lipinski definition) is 1. The van der Waals surface area contributed by atoms with Gasteiger partial charge in [0, 0.05) is 11.4 Å². The highest BCUT2D eigenvalue weighted by atomic mass is 32.1. The number of anilines is 1. The summed E-state index contributed by atoms with van der Waals surface area (Å²) in [4.78, 5) is 51.4. The maximum absolute atomic E-state index is 12.5. The number of benzene rings is 1. The Kier molecular flexibility index (Phi) is 5.51. The normalized spacial score (nSPS) is 14.0. The second-order valence-electron chi connectivity index (χ2n) is 5.69. The number of methoxy groups -OCH3 is 1. The van der Waals surface area contributed by atoms with E-state index in [1.165, 1.54) is 19.2 Å². The molecule has 3 rings (SSSR count). The largest absolute Gasteiger partial charge is 0.497 e. The Balaban J connectivity index is 1.62. The summed E-state index contributed by atoms with van der Waals surface area (Å²) < 4.78 is 5.03. The summed E-state index contributed by atoms with van der Waals surface area (Å²) in [5.74, 6) is -1.97. The Morgan fingerprint density at radius 2 is 1.85 bits per heavy atom. The lowest BCUT2D eigenvalue weighted by Crippen LogP contribution is -2.42. The Bertz CT molecular complexity index is 864. The number of carbonyl (C=O) groups excluding carboxylic acids is 4. The van der Waals surface area contributed by atoms with E-state index in [0.717, 1.165) is 9.78 Å². The molecule has 0 spiro atoms. The molecule has 1 N–H and O–H groups in total. The van der Waals surface area contributed by atoms with E-state index < -0.39 is 30.3 Å².